The maximum atomic E-state index is 3.38. The molecule has 1 heterocycles. The van der Waals surface area contributed by atoms with Crippen LogP contribution in [0.3, 0.4) is 0 Å². The molecule has 0 radical (unpaired) electrons. The van der Waals surface area contributed by atoms with Gasteiger partial charge in [-0.2, -0.15) is 0 Å². The largest absolute Gasteiger partial charge is 0.314 e. The molecule has 0 saturated carbocycles. The van der Waals surface area contributed by atoms with Crippen LogP contribution in [-0.4, -0.2) is 37.6 Å². The third-order valence-electron chi connectivity index (χ3n) is 2.83. The Labute approximate surface area is 122 Å². The highest BCUT2D eigenvalue weighted by Gasteiger charge is 2.07. The predicted molar refractivity (Wildman–Crippen MR) is 89.8 cm³/mol. The number of piperazine rings is 1. The van der Waals surface area contributed by atoms with E-state index in [0.717, 1.165) is 13.1 Å². The minimum Gasteiger partial charge on any atom is -0.314 e. The molecule has 2 nitrogen and oxygen atoms in total. The lowest BCUT2D eigenvalue weighted by Gasteiger charge is -2.27. The molecule has 114 valence electrons. The topological polar surface area (TPSA) is 15.3 Å². The highest BCUT2D eigenvalue weighted by Crippen LogP contribution is 2.05. The van der Waals surface area contributed by atoms with E-state index >= 15 is 0 Å². The molecular formula is C17H36N2. The first-order chi connectivity index (χ1) is 9.33. The van der Waals surface area contributed by atoms with E-state index < -0.39 is 0 Å². The summed E-state index contributed by atoms with van der Waals surface area (Å²) < 4.78 is 0. The standard InChI is InChI=1S/C13H24N2.2C2H6/c1-3-4-6-13(2)7-5-10-15-11-8-14-9-12-15;2*1-2/h3-4,6,14H,5,7-12H2,1-2H3;2*1-2H3/b4-3-,13-6+;;. The molecule has 1 aliphatic heterocycles. The van der Waals surface area contributed by atoms with Gasteiger partial charge in [0.1, 0.15) is 0 Å². The van der Waals surface area contributed by atoms with Gasteiger partial charge in [0.25, 0.3) is 0 Å². The summed E-state index contributed by atoms with van der Waals surface area (Å²) in [5.74, 6) is 0. The third-order valence-corrected chi connectivity index (χ3v) is 2.83. The zero-order valence-electron chi connectivity index (χ0n) is 14.1. The van der Waals surface area contributed by atoms with Crippen molar-refractivity contribution in [2.45, 2.75) is 54.4 Å². The van der Waals surface area contributed by atoms with Crippen molar-refractivity contribution in [2.75, 3.05) is 32.7 Å². The Morgan fingerprint density at radius 1 is 1.11 bits per heavy atom. The molecule has 0 aliphatic carbocycles. The van der Waals surface area contributed by atoms with Crippen LogP contribution in [0.25, 0.3) is 0 Å². The summed E-state index contributed by atoms with van der Waals surface area (Å²) in [7, 11) is 0. The second-order valence-electron chi connectivity index (χ2n) is 4.23. The van der Waals surface area contributed by atoms with Crippen molar-refractivity contribution in [1.29, 1.82) is 0 Å². The quantitative estimate of drug-likeness (QED) is 0.750. The van der Waals surface area contributed by atoms with Gasteiger partial charge in [-0.1, -0.05) is 51.5 Å². The van der Waals surface area contributed by atoms with Gasteiger partial charge in [-0.3, -0.25) is 0 Å². The van der Waals surface area contributed by atoms with Gasteiger partial charge >= 0.3 is 0 Å². The van der Waals surface area contributed by atoms with Gasteiger partial charge in [-0.25, -0.2) is 0 Å². The molecule has 19 heavy (non-hydrogen) atoms. The van der Waals surface area contributed by atoms with Gasteiger partial charge in [-0.15, -0.1) is 0 Å². The minimum absolute atomic E-state index is 1.16. The summed E-state index contributed by atoms with van der Waals surface area (Å²) >= 11 is 0. The van der Waals surface area contributed by atoms with Gasteiger partial charge < -0.3 is 10.2 Å². The molecule has 0 aromatic rings. The average molecular weight is 268 g/mol. The van der Waals surface area contributed by atoms with Crippen LogP contribution < -0.4 is 5.32 Å². The molecule has 0 unspecified atom stereocenters. The van der Waals surface area contributed by atoms with E-state index in [1.165, 1.54) is 38.0 Å². The molecule has 0 amide bonds. The molecule has 0 atom stereocenters. The van der Waals surface area contributed by atoms with Crippen LogP contribution in [0, 0.1) is 0 Å². The minimum atomic E-state index is 1.16. The van der Waals surface area contributed by atoms with Crippen molar-refractivity contribution in [2.24, 2.45) is 0 Å². The number of nitrogens with one attached hydrogen (secondary N) is 1. The lowest BCUT2D eigenvalue weighted by Crippen LogP contribution is -2.43. The summed E-state index contributed by atoms with van der Waals surface area (Å²) in [4.78, 5) is 2.56. The van der Waals surface area contributed by atoms with Crippen molar-refractivity contribution in [3.63, 3.8) is 0 Å². The normalized spacial score (nSPS) is 16.4. The molecule has 0 bridgehead atoms. The molecule has 1 N–H and O–H groups in total. The fourth-order valence-electron chi connectivity index (χ4n) is 1.86. The first kappa shape index (κ1) is 20.7. The number of hydrogen-bond donors (Lipinski definition) is 1. The summed E-state index contributed by atoms with van der Waals surface area (Å²) in [5, 5.41) is 3.38. The van der Waals surface area contributed by atoms with Crippen molar-refractivity contribution in [1.82, 2.24) is 10.2 Å². The molecular weight excluding hydrogens is 232 g/mol. The summed E-state index contributed by atoms with van der Waals surface area (Å²) in [6, 6.07) is 0. The van der Waals surface area contributed by atoms with E-state index in [1.807, 2.05) is 27.7 Å². The average Bonchev–Trinajstić information content (AvgIpc) is 2.50. The van der Waals surface area contributed by atoms with Crippen molar-refractivity contribution in [3.05, 3.63) is 23.8 Å². The second-order valence-corrected chi connectivity index (χ2v) is 4.23. The van der Waals surface area contributed by atoms with Crippen LogP contribution in [-0.2, 0) is 0 Å². The highest BCUT2D eigenvalue weighted by molar-refractivity contribution is 5.09. The molecule has 0 spiro atoms. The van der Waals surface area contributed by atoms with Gasteiger partial charge in [-0.05, 0) is 33.2 Å². The fourth-order valence-corrected chi connectivity index (χ4v) is 1.86. The number of allylic oxidation sites excluding steroid dienone is 4. The monoisotopic (exact) mass is 268 g/mol. The zero-order valence-corrected chi connectivity index (χ0v) is 14.1. The molecule has 1 aliphatic rings. The Balaban J connectivity index is 0. The Bertz CT molecular complexity index is 213. The maximum Gasteiger partial charge on any atom is 0.0107 e. The number of nitrogens with zero attached hydrogens (tertiary/aromatic N) is 1. The number of hydrogen-bond acceptors (Lipinski definition) is 2. The molecule has 1 fully saturated rings. The van der Waals surface area contributed by atoms with Gasteiger partial charge in [0.05, 0.1) is 0 Å². The first-order valence-corrected chi connectivity index (χ1v) is 8.04. The van der Waals surface area contributed by atoms with Gasteiger partial charge in [0.15, 0.2) is 0 Å². The van der Waals surface area contributed by atoms with E-state index in [0.29, 0.717) is 0 Å². The van der Waals surface area contributed by atoms with Crippen LogP contribution in [0.1, 0.15) is 54.4 Å². The van der Waals surface area contributed by atoms with Gasteiger partial charge in [0, 0.05) is 26.2 Å². The molecule has 1 rings (SSSR count). The van der Waals surface area contributed by atoms with Crippen molar-refractivity contribution >= 4 is 0 Å². The Hall–Kier alpha value is -0.600. The maximum absolute atomic E-state index is 3.38. The van der Waals surface area contributed by atoms with E-state index in [1.54, 1.807) is 0 Å². The highest BCUT2D eigenvalue weighted by atomic mass is 15.2. The Morgan fingerprint density at radius 3 is 2.21 bits per heavy atom. The predicted octanol–water partition coefficient (Wildman–Crippen LogP) is 4.25. The van der Waals surface area contributed by atoms with Crippen LogP contribution in [0.2, 0.25) is 0 Å². The summed E-state index contributed by atoms with van der Waals surface area (Å²) in [5.41, 5.74) is 1.49. The first-order valence-electron chi connectivity index (χ1n) is 8.04. The smallest absolute Gasteiger partial charge is 0.0107 e. The lowest BCUT2D eigenvalue weighted by atomic mass is 10.1. The molecule has 0 aromatic heterocycles. The van der Waals surface area contributed by atoms with E-state index in [4.69, 9.17) is 0 Å². The third kappa shape index (κ3) is 13.6. The fraction of sp³-hybridized carbons (Fsp3) is 0.765. The zero-order chi connectivity index (χ0) is 14.9. The van der Waals surface area contributed by atoms with Crippen LogP contribution >= 0.6 is 0 Å². The Kier molecular flexibility index (Phi) is 19.0. The molecule has 2 heteroatoms. The Morgan fingerprint density at radius 2 is 1.68 bits per heavy atom. The second kappa shape index (κ2) is 17.4. The van der Waals surface area contributed by atoms with E-state index in [-0.39, 0.29) is 0 Å². The SMILES string of the molecule is C/C=C\C=C(/C)CCCN1CCNCC1.CC.CC. The molecule has 0 aromatic carbocycles. The summed E-state index contributed by atoms with van der Waals surface area (Å²) in [6.45, 7) is 18.3. The van der Waals surface area contributed by atoms with E-state index in [9.17, 15) is 0 Å². The summed E-state index contributed by atoms with van der Waals surface area (Å²) in [6.07, 6.45) is 8.95. The van der Waals surface area contributed by atoms with Crippen molar-refractivity contribution in [3.8, 4) is 0 Å². The number of rotatable bonds is 5. The van der Waals surface area contributed by atoms with E-state index in [2.05, 4.69) is 42.3 Å². The van der Waals surface area contributed by atoms with Gasteiger partial charge in [0.2, 0.25) is 0 Å². The van der Waals surface area contributed by atoms with Crippen LogP contribution in [0.4, 0.5) is 0 Å². The molecule has 1 saturated heterocycles. The van der Waals surface area contributed by atoms with Crippen molar-refractivity contribution < 1.29 is 0 Å². The van der Waals surface area contributed by atoms with Crippen LogP contribution in [0.5, 0.6) is 0 Å². The lowest BCUT2D eigenvalue weighted by molar-refractivity contribution is 0.238. The van der Waals surface area contributed by atoms with Crippen LogP contribution in [0.15, 0.2) is 23.8 Å².